The van der Waals surface area contributed by atoms with Gasteiger partial charge in [-0.05, 0) is 0 Å². The van der Waals surface area contributed by atoms with Gasteiger partial charge in [-0.2, -0.15) is 0 Å². The molecule has 4 atom stereocenters. The number of carbonyl (C=O) groups excluding carboxylic acids is 2. The molecule has 0 aromatic heterocycles. The molecule has 0 unspecified atom stereocenters. The predicted molar refractivity (Wildman–Crippen MR) is 53.5 cm³/mol. The summed E-state index contributed by atoms with van der Waals surface area (Å²) in [6.45, 7) is 1.89. The van der Waals surface area contributed by atoms with Gasteiger partial charge in [0, 0.05) is 32.3 Å². The summed E-state index contributed by atoms with van der Waals surface area (Å²) in [4.78, 5) is 22.1. The molecule has 0 amide bonds. The second-order valence-corrected chi connectivity index (χ2v) is 4.40. The van der Waals surface area contributed by atoms with Crippen molar-refractivity contribution in [2.75, 3.05) is 13.7 Å². The van der Waals surface area contributed by atoms with Crippen LogP contribution in [0.5, 0.6) is 0 Å². The van der Waals surface area contributed by atoms with Crippen molar-refractivity contribution in [2.24, 2.45) is 11.8 Å². The first-order valence-electron chi connectivity index (χ1n) is 5.47. The molecular weight excluding hydrogens is 212 g/mol. The van der Waals surface area contributed by atoms with Crippen molar-refractivity contribution in [3.05, 3.63) is 0 Å². The van der Waals surface area contributed by atoms with Crippen molar-refractivity contribution in [3.63, 3.8) is 0 Å². The molecule has 2 aliphatic rings. The predicted octanol–water partition coefficient (Wildman–Crippen LogP) is 0.516. The molecule has 0 bridgehead atoms. The maximum atomic E-state index is 11.2. The first-order valence-corrected chi connectivity index (χ1v) is 5.47. The highest BCUT2D eigenvalue weighted by atomic mass is 16.6. The van der Waals surface area contributed by atoms with Crippen LogP contribution in [-0.2, 0) is 23.8 Å². The summed E-state index contributed by atoms with van der Waals surface area (Å²) in [7, 11) is 1.61. The van der Waals surface area contributed by atoms with Crippen molar-refractivity contribution in [2.45, 2.75) is 32.0 Å². The summed E-state index contributed by atoms with van der Waals surface area (Å²) >= 11 is 0. The third kappa shape index (κ3) is 2.04. The van der Waals surface area contributed by atoms with Gasteiger partial charge in [0.2, 0.25) is 0 Å². The lowest BCUT2D eigenvalue weighted by Gasteiger charge is -2.21. The number of fused-ring (bicyclic) bond motifs is 1. The van der Waals surface area contributed by atoms with E-state index in [1.807, 2.05) is 0 Å². The minimum Gasteiger partial charge on any atom is -0.462 e. The Bertz CT molecular complexity index is 301. The average molecular weight is 228 g/mol. The van der Waals surface area contributed by atoms with E-state index in [9.17, 15) is 9.59 Å². The Morgan fingerprint density at radius 1 is 1.56 bits per heavy atom. The van der Waals surface area contributed by atoms with E-state index < -0.39 is 0 Å². The minimum absolute atomic E-state index is 0.0744. The zero-order valence-electron chi connectivity index (χ0n) is 9.47. The van der Waals surface area contributed by atoms with Crippen molar-refractivity contribution in [1.82, 2.24) is 0 Å². The number of hydrogen-bond donors (Lipinski definition) is 0. The van der Waals surface area contributed by atoms with E-state index in [1.54, 1.807) is 7.11 Å². The normalized spacial score (nSPS) is 37.0. The minimum atomic E-state index is -0.294. The van der Waals surface area contributed by atoms with Gasteiger partial charge in [-0.3, -0.25) is 9.59 Å². The Labute approximate surface area is 94.0 Å². The van der Waals surface area contributed by atoms with Crippen molar-refractivity contribution in [1.29, 1.82) is 0 Å². The van der Waals surface area contributed by atoms with E-state index in [4.69, 9.17) is 14.2 Å². The van der Waals surface area contributed by atoms with Crippen LogP contribution in [-0.4, -0.2) is 37.9 Å². The molecule has 5 nitrogen and oxygen atoms in total. The summed E-state index contributed by atoms with van der Waals surface area (Å²) in [6.07, 6.45) is 0.734. The van der Waals surface area contributed by atoms with Crippen LogP contribution >= 0.6 is 0 Å². The number of carbonyl (C=O) groups is 2. The topological polar surface area (TPSA) is 61.8 Å². The van der Waals surface area contributed by atoms with Crippen LogP contribution in [0.1, 0.15) is 19.8 Å². The molecule has 1 saturated heterocycles. The van der Waals surface area contributed by atoms with Gasteiger partial charge in [-0.25, -0.2) is 0 Å². The summed E-state index contributed by atoms with van der Waals surface area (Å²) in [6, 6.07) is 0. The van der Waals surface area contributed by atoms with Crippen LogP contribution < -0.4 is 0 Å². The highest BCUT2D eigenvalue weighted by Gasteiger charge is 2.51. The number of esters is 2. The molecule has 90 valence electrons. The molecule has 0 aromatic rings. The Morgan fingerprint density at radius 3 is 2.94 bits per heavy atom. The summed E-state index contributed by atoms with van der Waals surface area (Å²) in [5.41, 5.74) is 0. The van der Waals surface area contributed by atoms with E-state index in [-0.39, 0.29) is 36.0 Å². The number of rotatable bonds is 3. The molecule has 1 heterocycles. The molecular formula is C11H16O5. The molecule has 0 N–H and O–H groups in total. The van der Waals surface area contributed by atoms with E-state index >= 15 is 0 Å². The molecule has 5 heteroatoms. The highest BCUT2D eigenvalue weighted by Crippen LogP contribution is 2.42. The number of hydrogen-bond acceptors (Lipinski definition) is 5. The molecule has 1 aliphatic carbocycles. The fraction of sp³-hybridized carbons (Fsp3) is 0.818. The largest absolute Gasteiger partial charge is 0.462 e. The first-order chi connectivity index (χ1) is 7.61. The smallest absolute Gasteiger partial charge is 0.306 e. The van der Waals surface area contributed by atoms with Gasteiger partial charge in [-0.1, -0.05) is 0 Å². The van der Waals surface area contributed by atoms with Gasteiger partial charge in [0.15, 0.2) is 0 Å². The summed E-state index contributed by atoms with van der Waals surface area (Å²) < 4.78 is 15.5. The molecule has 16 heavy (non-hydrogen) atoms. The monoisotopic (exact) mass is 228 g/mol. The van der Waals surface area contributed by atoms with Crippen LogP contribution in [0, 0.1) is 11.8 Å². The summed E-state index contributed by atoms with van der Waals surface area (Å²) in [5.74, 6) is -0.239. The van der Waals surface area contributed by atoms with Crippen molar-refractivity contribution in [3.8, 4) is 0 Å². The van der Waals surface area contributed by atoms with Crippen LogP contribution in [0.3, 0.4) is 0 Å². The van der Waals surface area contributed by atoms with Crippen molar-refractivity contribution < 1.29 is 23.8 Å². The molecule has 1 aliphatic heterocycles. The molecule has 2 fully saturated rings. The Hall–Kier alpha value is -1.10. The second-order valence-electron chi connectivity index (χ2n) is 4.40. The molecule has 1 saturated carbocycles. The van der Waals surface area contributed by atoms with Gasteiger partial charge in [0.1, 0.15) is 12.2 Å². The third-order valence-electron chi connectivity index (χ3n) is 3.33. The van der Waals surface area contributed by atoms with Crippen molar-refractivity contribution >= 4 is 11.9 Å². The Balaban J connectivity index is 2.06. The SMILES string of the molecule is COC[C@@H]1[C@H]2CC(=O)O[C@@H]2C[C@@H]1OC(C)=O. The standard InChI is InChI=1S/C11H16O5/c1-6(12)15-10-4-9-7(3-11(13)16-9)8(10)5-14-2/h7-10H,3-5H2,1-2H3/t7-,8-,9-,10+/m1/s1. The van der Waals surface area contributed by atoms with Crippen LogP contribution in [0.4, 0.5) is 0 Å². The Morgan fingerprint density at radius 2 is 2.31 bits per heavy atom. The van der Waals surface area contributed by atoms with Gasteiger partial charge < -0.3 is 14.2 Å². The first kappa shape index (κ1) is 11.4. The van der Waals surface area contributed by atoms with Gasteiger partial charge in [0.05, 0.1) is 13.0 Å². The van der Waals surface area contributed by atoms with E-state index in [0.29, 0.717) is 19.4 Å². The fourth-order valence-electron chi connectivity index (χ4n) is 2.73. The lowest BCUT2D eigenvalue weighted by molar-refractivity contribution is -0.150. The zero-order valence-corrected chi connectivity index (χ0v) is 9.47. The van der Waals surface area contributed by atoms with E-state index in [1.165, 1.54) is 6.92 Å². The molecule has 0 radical (unpaired) electrons. The third-order valence-corrected chi connectivity index (χ3v) is 3.33. The van der Waals surface area contributed by atoms with E-state index in [0.717, 1.165) is 0 Å². The fourth-order valence-corrected chi connectivity index (χ4v) is 2.73. The molecule has 0 aromatic carbocycles. The average Bonchev–Trinajstić information content (AvgIpc) is 2.65. The van der Waals surface area contributed by atoms with Crippen LogP contribution in [0.2, 0.25) is 0 Å². The van der Waals surface area contributed by atoms with Gasteiger partial charge in [-0.15, -0.1) is 0 Å². The quantitative estimate of drug-likeness (QED) is 0.659. The maximum absolute atomic E-state index is 11.2. The van der Waals surface area contributed by atoms with Crippen LogP contribution in [0.15, 0.2) is 0 Å². The highest BCUT2D eigenvalue weighted by molar-refractivity contribution is 5.72. The maximum Gasteiger partial charge on any atom is 0.306 e. The zero-order chi connectivity index (χ0) is 11.7. The Kier molecular flexibility index (Phi) is 3.14. The summed E-state index contributed by atoms with van der Waals surface area (Å²) in [5, 5.41) is 0. The number of ether oxygens (including phenoxy) is 3. The number of methoxy groups -OCH3 is 1. The van der Waals surface area contributed by atoms with E-state index in [2.05, 4.69) is 0 Å². The lowest BCUT2D eigenvalue weighted by Crippen LogP contribution is -2.28. The van der Waals surface area contributed by atoms with Crippen LogP contribution in [0.25, 0.3) is 0 Å². The molecule has 0 spiro atoms. The lowest BCUT2D eigenvalue weighted by atomic mass is 9.93. The second kappa shape index (κ2) is 4.41. The molecule has 2 rings (SSSR count). The van der Waals surface area contributed by atoms with Gasteiger partial charge in [0.25, 0.3) is 0 Å². The van der Waals surface area contributed by atoms with Gasteiger partial charge >= 0.3 is 11.9 Å².